The molecule has 0 bridgehead atoms. The Bertz CT molecular complexity index is 730. The largest absolute Gasteiger partial charge is 0.486 e. The van der Waals surface area contributed by atoms with Crippen molar-refractivity contribution in [2.24, 2.45) is 10.8 Å². The van der Waals surface area contributed by atoms with E-state index >= 15 is 0 Å². The van der Waals surface area contributed by atoms with E-state index in [2.05, 4.69) is 26.5 Å². The first-order chi connectivity index (χ1) is 11.0. The highest BCUT2D eigenvalue weighted by atomic mass is 79.9. The number of hydrazone groups is 1. The standard InChI is InChI=1S/C15H12BrCl2N3O2/c16-11-5-9(7-20-21-15(19)22)6-13(18)14(11)23-8-10-3-1-2-4-12(10)17/h1-7H,8H2,(H3,19,21,22)/b20-7+. The second-order valence-electron chi connectivity index (χ2n) is 4.43. The number of benzene rings is 2. The summed E-state index contributed by atoms with van der Waals surface area (Å²) in [7, 11) is 0. The Morgan fingerprint density at radius 3 is 2.70 bits per heavy atom. The van der Waals surface area contributed by atoms with Gasteiger partial charge in [-0.15, -0.1) is 0 Å². The highest BCUT2D eigenvalue weighted by Gasteiger charge is 2.10. The molecular formula is C15H12BrCl2N3O2. The molecule has 0 saturated heterocycles. The van der Waals surface area contributed by atoms with Gasteiger partial charge < -0.3 is 10.5 Å². The predicted molar refractivity (Wildman–Crippen MR) is 95.2 cm³/mol. The lowest BCUT2D eigenvalue weighted by Gasteiger charge is -2.12. The van der Waals surface area contributed by atoms with Gasteiger partial charge in [-0.25, -0.2) is 10.2 Å². The van der Waals surface area contributed by atoms with Gasteiger partial charge in [-0.05, 0) is 39.7 Å². The second kappa shape index (κ2) is 8.19. The minimum Gasteiger partial charge on any atom is -0.486 e. The van der Waals surface area contributed by atoms with Crippen LogP contribution < -0.4 is 15.9 Å². The van der Waals surface area contributed by atoms with Crippen molar-refractivity contribution >= 4 is 51.4 Å². The topological polar surface area (TPSA) is 76.7 Å². The van der Waals surface area contributed by atoms with Crippen LogP contribution in [0.25, 0.3) is 0 Å². The zero-order valence-electron chi connectivity index (χ0n) is 11.7. The normalized spacial score (nSPS) is 10.7. The molecule has 0 heterocycles. The van der Waals surface area contributed by atoms with Gasteiger partial charge in [0.2, 0.25) is 0 Å². The Morgan fingerprint density at radius 2 is 2.04 bits per heavy atom. The molecule has 23 heavy (non-hydrogen) atoms. The van der Waals surface area contributed by atoms with Crippen LogP contribution in [-0.2, 0) is 6.61 Å². The fourth-order valence-corrected chi connectivity index (χ4v) is 2.91. The zero-order chi connectivity index (χ0) is 16.8. The molecule has 0 atom stereocenters. The minimum atomic E-state index is -0.744. The fraction of sp³-hybridized carbons (Fsp3) is 0.0667. The van der Waals surface area contributed by atoms with Crippen LogP contribution in [0.3, 0.4) is 0 Å². The number of urea groups is 1. The average molecular weight is 417 g/mol. The van der Waals surface area contributed by atoms with Gasteiger partial charge in [-0.3, -0.25) is 0 Å². The molecule has 120 valence electrons. The molecule has 0 saturated carbocycles. The van der Waals surface area contributed by atoms with Crippen LogP contribution in [0.2, 0.25) is 10.0 Å². The third-order valence-electron chi connectivity index (χ3n) is 2.74. The van der Waals surface area contributed by atoms with Crippen molar-refractivity contribution < 1.29 is 9.53 Å². The summed E-state index contributed by atoms with van der Waals surface area (Å²) in [5, 5.41) is 4.69. The maximum absolute atomic E-state index is 10.6. The summed E-state index contributed by atoms with van der Waals surface area (Å²) >= 11 is 15.7. The Morgan fingerprint density at radius 1 is 1.30 bits per heavy atom. The van der Waals surface area contributed by atoms with E-state index in [-0.39, 0.29) is 6.61 Å². The lowest BCUT2D eigenvalue weighted by atomic mass is 10.2. The van der Waals surface area contributed by atoms with E-state index in [9.17, 15) is 4.79 Å². The van der Waals surface area contributed by atoms with Gasteiger partial charge in [0, 0.05) is 10.6 Å². The number of primary amides is 1. The fourth-order valence-electron chi connectivity index (χ4n) is 1.73. The molecule has 3 N–H and O–H groups in total. The lowest BCUT2D eigenvalue weighted by molar-refractivity contribution is 0.249. The van der Waals surface area contributed by atoms with Crippen molar-refractivity contribution in [3.8, 4) is 5.75 Å². The van der Waals surface area contributed by atoms with Gasteiger partial charge in [0.1, 0.15) is 6.61 Å². The summed E-state index contributed by atoms with van der Waals surface area (Å²) in [5.74, 6) is 0.492. The first-order valence-electron chi connectivity index (χ1n) is 6.41. The molecular weight excluding hydrogens is 405 g/mol. The molecule has 0 unspecified atom stereocenters. The summed E-state index contributed by atoms with van der Waals surface area (Å²) < 4.78 is 6.39. The highest BCUT2D eigenvalue weighted by Crippen LogP contribution is 2.35. The van der Waals surface area contributed by atoms with Gasteiger partial charge in [0.05, 0.1) is 15.7 Å². The minimum absolute atomic E-state index is 0.286. The van der Waals surface area contributed by atoms with E-state index in [0.29, 0.717) is 25.8 Å². The number of carbonyl (C=O) groups excluding carboxylic acids is 1. The van der Waals surface area contributed by atoms with E-state index in [0.717, 1.165) is 5.56 Å². The number of carbonyl (C=O) groups is 1. The number of rotatable bonds is 5. The number of hydrogen-bond acceptors (Lipinski definition) is 3. The van der Waals surface area contributed by atoms with E-state index < -0.39 is 6.03 Å². The third kappa shape index (κ3) is 5.13. The summed E-state index contributed by atoms with van der Waals surface area (Å²) in [5.41, 5.74) is 8.54. The number of nitrogens with two attached hydrogens (primary N) is 1. The summed E-state index contributed by atoms with van der Waals surface area (Å²) in [6.07, 6.45) is 1.42. The third-order valence-corrected chi connectivity index (χ3v) is 3.98. The maximum atomic E-state index is 10.6. The predicted octanol–water partition coefficient (Wildman–Crippen LogP) is 4.34. The quantitative estimate of drug-likeness (QED) is 0.561. The van der Waals surface area contributed by atoms with Crippen LogP contribution in [0.1, 0.15) is 11.1 Å². The highest BCUT2D eigenvalue weighted by molar-refractivity contribution is 9.10. The molecule has 5 nitrogen and oxygen atoms in total. The molecule has 2 rings (SSSR count). The monoisotopic (exact) mass is 415 g/mol. The van der Waals surface area contributed by atoms with Crippen molar-refractivity contribution in [3.05, 3.63) is 62.0 Å². The molecule has 0 aromatic heterocycles. The van der Waals surface area contributed by atoms with Crippen molar-refractivity contribution in [2.75, 3.05) is 0 Å². The zero-order valence-corrected chi connectivity index (χ0v) is 14.8. The molecule has 2 aromatic rings. The van der Waals surface area contributed by atoms with E-state index in [1.807, 2.05) is 18.2 Å². The Labute approximate surface area is 151 Å². The van der Waals surface area contributed by atoms with Gasteiger partial charge in [0.25, 0.3) is 0 Å². The van der Waals surface area contributed by atoms with Crippen molar-refractivity contribution in [3.63, 3.8) is 0 Å². The Kier molecular flexibility index (Phi) is 6.27. The molecule has 0 radical (unpaired) electrons. The van der Waals surface area contributed by atoms with Gasteiger partial charge in [0.15, 0.2) is 5.75 Å². The molecule has 0 spiro atoms. The number of nitrogens with one attached hydrogen (secondary N) is 1. The molecule has 0 aliphatic rings. The number of ether oxygens (including phenoxy) is 1. The molecule has 0 fully saturated rings. The summed E-state index contributed by atoms with van der Waals surface area (Å²) in [4.78, 5) is 10.6. The van der Waals surface area contributed by atoms with Crippen molar-refractivity contribution in [1.29, 1.82) is 0 Å². The molecule has 0 aliphatic heterocycles. The average Bonchev–Trinajstić information content (AvgIpc) is 2.48. The van der Waals surface area contributed by atoms with Crippen LogP contribution in [0.5, 0.6) is 5.75 Å². The summed E-state index contributed by atoms with van der Waals surface area (Å²) in [6, 6.07) is 10.1. The van der Waals surface area contributed by atoms with Crippen LogP contribution in [0.15, 0.2) is 46.0 Å². The van der Waals surface area contributed by atoms with E-state index in [1.54, 1.807) is 18.2 Å². The van der Waals surface area contributed by atoms with Crippen LogP contribution in [0.4, 0.5) is 4.79 Å². The molecule has 0 aliphatic carbocycles. The Hall–Kier alpha value is -1.76. The van der Waals surface area contributed by atoms with E-state index in [1.165, 1.54) is 6.21 Å². The van der Waals surface area contributed by atoms with E-state index in [4.69, 9.17) is 33.7 Å². The number of halogens is 3. The number of nitrogens with zero attached hydrogens (tertiary/aromatic N) is 1. The first kappa shape index (κ1) is 17.6. The second-order valence-corrected chi connectivity index (χ2v) is 6.10. The molecule has 2 aromatic carbocycles. The number of hydrogen-bond donors (Lipinski definition) is 2. The number of amides is 2. The lowest BCUT2D eigenvalue weighted by Crippen LogP contribution is -2.24. The molecule has 8 heteroatoms. The van der Waals surface area contributed by atoms with Gasteiger partial charge in [-0.1, -0.05) is 41.4 Å². The van der Waals surface area contributed by atoms with Crippen molar-refractivity contribution in [2.45, 2.75) is 6.61 Å². The first-order valence-corrected chi connectivity index (χ1v) is 7.96. The van der Waals surface area contributed by atoms with Crippen LogP contribution in [0, 0.1) is 0 Å². The van der Waals surface area contributed by atoms with Crippen LogP contribution in [-0.4, -0.2) is 12.2 Å². The van der Waals surface area contributed by atoms with Gasteiger partial charge in [-0.2, -0.15) is 5.10 Å². The van der Waals surface area contributed by atoms with Crippen LogP contribution >= 0.6 is 39.1 Å². The summed E-state index contributed by atoms with van der Waals surface area (Å²) in [6.45, 7) is 0.286. The maximum Gasteiger partial charge on any atom is 0.332 e. The molecule has 2 amide bonds. The Balaban J connectivity index is 2.13. The van der Waals surface area contributed by atoms with Gasteiger partial charge >= 0.3 is 6.03 Å². The SMILES string of the molecule is NC(=O)N/N=C/c1cc(Cl)c(OCc2ccccc2Cl)c(Br)c1. The smallest absolute Gasteiger partial charge is 0.332 e. The van der Waals surface area contributed by atoms with Crippen molar-refractivity contribution in [1.82, 2.24) is 5.43 Å².